The van der Waals surface area contributed by atoms with Crippen LogP contribution < -0.4 is 4.74 Å². The number of aryl methyl sites for hydroxylation is 1. The van der Waals surface area contributed by atoms with Crippen LogP contribution in [0.3, 0.4) is 0 Å². The fraction of sp³-hybridized carbons (Fsp3) is 0.538. The summed E-state index contributed by atoms with van der Waals surface area (Å²) >= 11 is 3.47. The predicted molar refractivity (Wildman–Crippen MR) is 66.4 cm³/mol. The summed E-state index contributed by atoms with van der Waals surface area (Å²) in [5.74, 6) is 1.05. The van der Waals surface area contributed by atoms with Crippen LogP contribution in [0.2, 0.25) is 0 Å². The van der Waals surface area contributed by atoms with Crippen molar-refractivity contribution in [1.82, 2.24) is 0 Å². The molecule has 1 aliphatic carbocycles. The van der Waals surface area contributed by atoms with Gasteiger partial charge >= 0.3 is 0 Å². The molecule has 1 aromatic carbocycles. The molecule has 0 saturated heterocycles. The van der Waals surface area contributed by atoms with Crippen molar-refractivity contribution in [3.05, 3.63) is 28.2 Å². The molecule has 0 spiro atoms. The van der Waals surface area contributed by atoms with Gasteiger partial charge < -0.3 is 4.74 Å². The highest BCUT2D eigenvalue weighted by molar-refractivity contribution is 9.10. The number of hydrogen-bond donors (Lipinski definition) is 0. The van der Waals surface area contributed by atoms with Gasteiger partial charge in [-0.15, -0.1) is 0 Å². The fourth-order valence-corrected chi connectivity index (χ4v) is 2.58. The van der Waals surface area contributed by atoms with E-state index in [1.165, 1.54) is 37.7 Å². The Morgan fingerprint density at radius 2 is 1.93 bits per heavy atom. The van der Waals surface area contributed by atoms with E-state index in [0.717, 1.165) is 10.2 Å². The van der Waals surface area contributed by atoms with Crippen LogP contribution in [0, 0.1) is 6.92 Å². The van der Waals surface area contributed by atoms with Gasteiger partial charge in [-0.05, 0) is 56.4 Å². The number of rotatable bonds is 2. The molecule has 0 aliphatic heterocycles. The number of ether oxygens (including phenoxy) is 1. The summed E-state index contributed by atoms with van der Waals surface area (Å²) in [5.41, 5.74) is 1.22. The van der Waals surface area contributed by atoms with Gasteiger partial charge in [-0.2, -0.15) is 0 Å². The quantitative estimate of drug-likeness (QED) is 0.769. The van der Waals surface area contributed by atoms with E-state index in [-0.39, 0.29) is 0 Å². The maximum absolute atomic E-state index is 6.02. The summed E-state index contributed by atoms with van der Waals surface area (Å²) in [6, 6.07) is 6.22. The molecule has 0 heterocycles. The standard InChI is InChI=1S/C13H17BrO/c1-10-9-11(14)7-8-13(10)15-12-5-3-2-4-6-12/h7-9,12H,2-6H2,1H3. The first-order valence-corrected chi connectivity index (χ1v) is 6.48. The summed E-state index contributed by atoms with van der Waals surface area (Å²) in [6.07, 6.45) is 6.89. The summed E-state index contributed by atoms with van der Waals surface area (Å²) in [4.78, 5) is 0. The second kappa shape index (κ2) is 5.02. The van der Waals surface area contributed by atoms with Crippen molar-refractivity contribution >= 4 is 15.9 Å². The van der Waals surface area contributed by atoms with Crippen molar-refractivity contribution in [3.8, 4) is 5.75 Å². The molecule has 0 bridgehead atoms. The molecule has 0 N–H and O–H groups in total. The van der Waals surface area contributed by atoms with Crippen LogP contribution >= 0.6 is 15.9 Å². The molecule has 1 aliphatic rings. The van der Waals surface area contributed by atoms with Gasteiger partial charge in [-0.3, -0.25) is 0 Å². The molecule has 2 heteroatoms. The first kappa shape index (κ1) is 11.0. The molecular formula is C13H17BrO. The van der Waals surface area contributed by atoms with Gasteiger partial charge in [0.1, 0.15) is 5.75 Å². The number of halogens is 1. The van der Waals surface area contributed by atoms with Gasteiger partial charge in [0.2, 0.25) is 0 Å². The van der Waals surface area contributed by atoms with Crippen LogP contribution in [-0.4, -0.2) is 6.10 Å². The first-order chi connectivity index (χ1) is 7.25. The summed E-state index contributed by atoms with van der Waals surface area (Å²) in [6.45, 7) is 2.10. The molecule has 1 saturated carbocycles. The lowest BCUT2D eigenvalue weighted by atomic mass is 9.98. The average Bonchev–Trinajstić information content (AvgIpc) is 2.24. The van der Waals surface area contributed by atoms with Gasteiger partial charge in [0.15, 0.2) is 0 Å². The normalized spacial score (nSPS) is 17.7. The van der Waals surface area contributed by atoms with Crippen LogP contribution in [0.5, 0.6) is 5.75 Å². The molecule has 82 valence electrons. The third-order valence-corrected chi connectivity index (χ3v) is 3.48. The van der Waals surface area contributed by atoms with Crippen molar-refractivity contribution in [1.29, 1.82) is 0 Å². The molecule has 15 heavy (non-hydrogen) atoms. The van der Waals surface area contributed by atoms with Crippen molar-refractivity contribution < 1.29 is 4.74 Å². The third kappa shape index (κ3) is 2.97. The van der Waals surface area contributed by atoms with Crippen LogP contribution in [0.25, 0.3) is 0 Å². The lowest BCUT2D eigenvalue weighted by molar-refractivity contribution is 0.154. The number of hydrogen-bond acceptors (Lipinski definition) is 1. The third-order valence-electron chi connectivity index (χ3n) is 2.98. The monoisotopic (exact) mass is 268 g/mol. The first-order valence-electron chi connectivity index (χ1n) is 5.68. The second-order valence-electron chi connectivity index (χ2n) is 4.29. The molecule has 0 atom stereocenters. The number of benzene rings is 1. The Hall–Kier alpha value is -0.500. The molecule has 1 aromatic rings. The zero-order valence-electron chi connectivity index (χ0n) is 9.13. The Morgan fingerprint density at radius 1 is 1.20 bits per heavy atom. The lowest BCUT2D eigenvalue weighted by Crippen LogP contribution is -2.19. The second-order valence-corrected chi connectivity index (χ2v) is 5.20. The SMILES string of the molecule is Cc1cc(Br)ccc1OC1CCCCC1. The van der Waals surface area contributed by atoms with Gasteiger partial charge in [0.05, 0.1) is 6.10 Å². The summed E-state index contributed by atoms with van der Waals surface area (Å²) < 4.78 is 7.14. The minimum atomic E-state index is 0.443. The summed E-state index contributed by atoms with van der Waals surface area (Å²) in [5, 5.41) is 0. The van der Waals surface area contributed by atoms with Crippen molar-refractivity contribution in [2.75, 3.05) is 0 Å². The van der Waals surface area contributed by atoms with Gasteiger partial charge in [0.25, 0.3) is 0 Å². The largest absolute Gasteiger partial charge is 0.490 e. The van der Waals surface area contributed by atoms with E-state index in [9.17, 15) is 0 Å². The topological polar surface area (TPSA) is 9.23 Å². The lowest BCUT2D eigenvalue weighted by Gasteiger charge is -2.23. The maximum Gasteiger partial charge on any atom is 0.122 e. The molecule has 1 nitrogen and oxygen atoms in total. The molecule has 2 rings (SSSR count). The zero-order valence-corrected chi connectivity index (χ0v) is 10.7. The fourth-order valence-electron chi connectivity index (χ4n) is 2.11. The molecule has 0 amide bonds. The van der Waals surface area contributed by atoms with Crippen LogP contribution in [-0.2, 0) is 0 Å². The van der Waals surface area contributed by atoms with E-state index in [4.69, 9.17) is 4.74 Å². The minimum Gasteiger partial charge on any atom is -0.490 e. The van der Waals surface area contributed by atoms with Crippen molar-refractivity contribution in [3.63, 3.8) is 0 Å². The Bertz CT molecular complexity index is 329. The Labute approximate surface area is 100.0 Å². The predicted octanol–water partition coefficient (Wildman–Crippen LogP) is 4.47. The Balaban J connectivity index is 2.03. The zero-order chi connectivity index (χ0) is 10.7. The molecule has 1 fully saturated rings. The maximum atomic E-state index is 6.02. The van der Waals surface area contributed by atoms with Crippen LogP contribution in [0.15, 0.2) is 22.7 Å². The minimum absolute atomic E-state index is 0.443. The van der Waals surface area contributed by atoms with E-state index >= 15 is 0 Å². The average molecular weight is 269 g/mol. The highest BCUT2D eigenvalue weighted by Crippen LogP contribution is 2.27. The summed E-state index contributed by atoms with van der Waals surface area (Å²) in [7, 11) is 0. The molecule has 0 radical (unpaired) electrons. The van der Waals surface area contributed by atoms with E-state index in [1.54, 1.807) is 0 Å². The van der Waals surface area contributed by atoms with Crippen molar-refractivity contribution in [2.24, 2.45) is 0 Å². The smallest absolute Gasteiger partial charge is 0.122 e. The van der Waals surface area contributed by atoms with E-state index < -0.39 is 0 Å². The molecular weight excluding hydrogens is 252 g/mol. The van der Waals surface area contributed by atoms with Crippen molar-refractivity contribution in [2.45, 2.75) is 45.1 Å². The highest BCUT2D eigenvalue weighted by atomic mass is 79.9. The van der Waals surface area contributed by atoms with E-state index in [2.05, 4.69) is 35.0 Å². The van der Waals surface area contributed by atoms with Gasteiger partial charge in [0, 0.05) is 4.47 Å². The Kier molecular flexibility index (Phi) is 3.68. The Morgan fingerprint density at radius 3 is 2.60 bits per heavy atom. The molecule has 0 unspecified atom stereocenters. The van der Waals surface area contributed by atoms with Crippen LogP contribution in [0.4, 0.5) is 0 Å². The van der Waals surface area contributed by atoms with E-state index in [1.807, 2.05) is 6.07 Å². The van der Waals surface area contributed by atoms with E-state index in [0.29, 0.717) is 6.10 Å². The van der Waals surface area contributed by atoms with Gasteiger partial charge in [-0.1, -0.05) is 22.4 Å². The molecule has 0 aromatic heterocycles. The highest BCUT2D eigenvalue weighted by Gasteiger charge is 2.15. The van der Waals surface area contributed by atoms with Gasteiger partial charge in [-0.25, -0.2) is 0 Å². The van der Waals surface area contributed by atoms with Crippen LogP contribution in [0.1, 0.15) is 37.7 Å².